The number of carbonyl (C=O) groups excluding carboxylic acids is 1. The summed E-state index contributed by atoms with van der Waals surface area (Å²) in [6.45, 7) is 5.51. The van der Waals surface area contributed by atoms with Gasteiger partial charge >= 0.3 is 6.03 Å². The van der Waals surface area contributed by atoms with Gasteiger partial charge in [0, 0.05) is 37.4 Å². The lowest BCUT2D eigenvalue weighted by Crippen LogP contribution is -2.45. The predicted octanol–water partition coefficient (Wildman–Crippen LogP) is 1.50. The van der Waals surface area contributed by atoms with E-state index in [2.05, 4.69) is 32.5 Å². The van der Waals surface area contributed by atoms with Crippen LogP contribution in [0.1, 0.15) is 18.5 Å². The smallest absolute Gasteiger partial charge is 0.339 e. The molecule has 2 amide bonds. The van der Waals surface area contributed by atoms with E-state index in [0.717, 1.165) is 37.4 Å². The van der Waals surface area contributed by atoms with Gasteiger partial charge in [0.05, 0.1) is 13.2 Å². The lowest BCUT2D eigenvalue weighted by molar-refractivity contribution is 0.106. The first-order valence-electron chi connectivity index (χ1n) is 7.33. The molecule has 2 rings (SSSR count). The molecule has 1 unspecified atom stereocenters. The quantitative estimate of drug-likeness (QED) is 0.828. The topological polar surface area (TPSA) is 56.8 Å². The van der Waals surface area contributed by atoms with Gasteiger partial charge in [0.2, 0.25) is 0 Å². The van der Waals surface area contributed by atoms with Gasteiger partial charge in [0.1, 0.15) is 5.82 Å². The number of anilines is 1. The number of amides is 2. The Kier molecular flexibility index (Phi) is 5.57. The van der Waals surface area contributed by atoms with Crippen LogP contribution < -0.4 is 15.7 Å². The van der Waals surface area contributed by atoms with Gasteiger partial charge in [-0.05, 0) is 32.2 Å². The summed E-state index contributed by atoms with van der Waals surface area (Å²) in [6.07, 6.45) is 0. The monoisotopic (exact) mass is 310 g/mol. The number of benzene rings is 1. The fraction of sp³-hybridized carbons (Fsp3) is 0.533. The van der Waals surface area contributed by atoms with Crippen LogP contribution >= 0.6 is 0 Å². The van der Waals surface area contributed by atoms with Gasteiger partial charge in [-0.15, -0.1) is 0 Å². The van der Waals surface area contributed by atoms with E-state index < -0.39 is 6.03 Å². The van der Waals surface area contributed by atoms with Gasteiger partial charge in [-0.25, -0.2) is 14.7 Å². The third-order valence-electron chi connectivity index (χ3n) is 3.84. The first-order valence-corrected chi connectivity index (χ1v) is 7.33. The van der Waals surface area contributed by atoms with Crippen molar-refractivity contribution in [1.82, 2.24) is 15.7 Å². The number of urea groups is 1. The van der Waals surface area contributed by atoms with Crippen molar-refractivity contribution >= 4 is 11.7 Å². The van der Waals surface area contributed by atoms with Gasteiger partial charge in [0.25, 0.3) is 0 Å². The molecule has 0 radical (unpaired) electrons. The van der Waals surface area contributed by atoms with Gasteiger partial charge in [-0.3, -0.25) is 4.84 Å². The molecule has 0 aromatic heterocycles. The average Bonchev–Trinajstić information content (AvgIpc) is 2.48. The van der Waals surface area contributed by atoms with Gasteiger partial charge in [0.15, 0.2) is 0 Å². The molecular formula is C15H23FN4O2. The van der Waals surface area contributed by atoms with Crippen molar-refractivity contribution in [2.75, 3.05) is 45.2 Å². The number of nitrogens with one attached hydrogen (secondary N) is 2. The Morgan fingerprint density at radius 3 is 2.64 bits per heavy atom. The Hall–Kier alpha value is -1.86. The largest absolute Gasteiger partial charge is 0.369 e. The molecule has 1 saturated heterocycles. The lowest BCUT2D eigenvalue weighted by atomic mass is 10.0. The highest BCUT2D eigenvalue weighted by molar-refractivity contribution is 5.73. The number of hydrogen-bond donors (Lipinski definition) is 2. The molecule has 6 nitrogen and oxygen atoms in total. The van der Waals surface area contributed by atoms with Crippen LogP contribution in [0.2, 0.25) is 0 Å². The summed E-state index contributed by atoms with van der Waals surface area (Å²) in [5.74, 6) is -0.311. The van der Waals surface area contributed by atoms with Gasteiger partial charge in [-0.1, -0.05) is 0 Å². The van der Waals surface area contributed by atoms with Crippen molar-refractivity contribution in [2.45, 2.75) is 13.0 Å². The fourth-order valence-corrected chi connectivity index (χ4v) is 2.60. The lowest BCUT2D eigenvalue weighted by Gasteiger charge is -2.36. The first kappa shape index (κ1) is 16.5. The number of nitrogens with zero attached hydrogens (tertiary/aromatic N) is 2. The minimum absolute atomic E-state index is 0.311. The first-order chi connectivity index (χ1) is 10.5. The Bertz CT molecular complexity index is 518. The summed E-state index contributed by atoms with van der Waals surface area (Å²) in [4.78, 5) is 20.6. The zero-order chi connectivity index (χ0) is 16.1. The maximum atomic E-state index is 13.6. The SMILES string of the molecule is CONC(=O)NC(C)c1cc(F)ccc1N1CCN(C)CC1. The van der Waals surface area contributed by atoms with Crippen molar-refractivity contribution in [1.29, 1.82) is 0 Å². The van der Waals surface area contributed by atoms with Gasteiger partial charge in [-0.2, -0.15) is 0 Å². The summed E-state index contributed by atoms with van der Waals surface area (Å²) in [6, 6.07) is 3.93. The van der Waals surface area contributed by atoms with E-state index in [1.807, 2.05) is 6.92 Å². The van der Waals surface area contributed by atoms with Crippen molar-refractivity contribution in [3.63, 3.8) is 0 Å². The predicted molar refractivity (Wildman–Crippen MR) is 83.2 cm³/mol. The van der Waals surface area contributed by atoms with Crippen LogP contribution in [0.3, 0.4) is 0 Å². The van der Waals surface area contributed by atoms with Crippen LogP contribution in [0.25, 0.3) is 0 Å². The van der Waals surface area contributed by atoms with E-state index >= 15 is 0 Å². The summed E-state index contributed by atoms with van der Waals surface area (Å²) in [7, 11) is 3.45. The molecule has 7 heteroatoms. The molecule has 1 fully saturated rings. The highest BCUT2D eigenvalue weighted by Gasteiger charge is 2.21. The molecule has 0 aliphatic carbocycles. The molecule has 0 spiro atoms. The average molecular weight is 310 g/mol. The number of rotatable bonds is 4. The van der Waals surface area contributed by atoms with Crippen molar-refractivity contribution < 1.29 is 14.0 Å². The molecule has 1 aliphatic heterocycles. The van der Waals surface area contributed by atoms with E-state index in [4.69, 9.17) is 0 Å². The third kappa shape index (κ3) is 4.08. The van der Waals surface area contributed by atoms with Crippen LogP contribution in [0, 0.1) is 5.82 Å². The molecular weight excluding hydrogens is 287 g/mol. The van der Waals surface area contributed by atoms with E-state index in [-0.39, 0.29) is 11.9 Å². The van der Waals surface area contributed by atoms with Crippen LogP contribution in [0.15, 0.2) is 18.2 Å². The molecule has 1 aromatic rings. The third-order valence-corrected chi connectivity index (χ3v) is 3.84. The van der Waals surface area contributed by atoms with Crippen LogP contribution in [0.4, 0.5) is 14.9 Å². The molecule has 0 bridgehead atoms. The molecule has 1 aliphatic rings. The second-order valence-electron chi connectivity index (χ2n) is 5.49. The zero-order valence-electron chi connectivity index (χ0n) is 13.2. The Morgan fingerprint density at radius 2 is 2.00 bits per heavy atom. The Morgan fingerprint density at radius 1 is 1.32 bits per heavy atom. The maximum absolute atomic E-state index is 13.6. The normalized spacial score (nSPS) is 17.2. The Labute approximate surface area is 130 Å². The number of piperazine rings is 1. The van der Waals surface area contributed by atoms with Crippen LogP contribution in [-0.4, -0.2) is 51.3 Å². The zero-order valence-corrected chi connectivity index (χ0v) is 13.2. The molecule has 1 atom stereocenters. The minimum Gasteiger partial charge on any atom is -0.369 e. The number of likely N-dealkylation sites (N-methyl/N-ethyl adjacent to an activating group) is 1. The number of carbonyl (C=O) groups is 1. The molecule has 122 valence electrons. The van der Waals surface area contributed by atoms with E-state index in [9.17, 15) is 9.18 Å². The fourth-order valence-electron chi connectivity index (χ4n) is 2.60. The van der Waals surface area contributed by atoms with Crippen molar-refractivity contribution in [2.24, 2.45) is 0 Å². The molecule has 2 N–H and O–H groups in total. The summed E-state index contributed by atoms with van der Waals surface area (Å²) in [5.41, 5.74) is 3.92. The van der Waals surface area contributed by atoms with Gasteiger partial charge < -0.3 is 15.1 Å². The standard InChI is InChI=1S/C15H23FN4O2/c1-11(17-15(21)18-22-3)13-10-12(16)4-5-14(13)20-8-6-19(2)7-9-20/h4-5,10-11H,6-9H2,1-3H3,(H2,17,18,21). The molecule has 1 aromatic carbocycles. The number of halogens is 1. The number of hydroxylamine groups is 1. The van der Waals surface area contributed by atoms with Crippen molar-refractivity contribution in [3.8, 4) is 0 Å². The molecule has 22 heavy (non-hydrogen) atoms. The molecule has 1 heterocycles. The highest BCUT2D eigenvalue weighted by Crippen LogP contribution is 2.28. The van der Waals surface area contributed by atoms with E-state index in [1.54, 1.807) is 6.07 Å². The van der Waals surface area contributed by atoms with Crippen molar-refractivity contribution in [3.05, 3.63) is 29.6 Å². The second kappa shape index (κ2) is 7.42. The second-order valence-corrected chi connectivity index (χ2v) is 5.49. The van der Waals surface area contributed by atoms with Crippen LogP contribution in [-0.2, 0) is 4.84 Å². The summed E-state index contributed by atoms with van der Waals surface area (Å²) >= 11 is 0. The highest BCUT2D eigenvalue weighted by atomic mass is 19.1. The maximum Gasteiger partial charge on any atom is 0.339 e. The summed E-state index contributed by atoms with van der Waals surface area (Å²) in [5, 5.41) is 2.73. The molecule has 0 saturated carbocycles. The van der Waals surface area contributed by atoms with E-state index in [0.29, 0.717) is 0 Å². The summed E-state index contributed by atoms with van der Waals surface area (Å²) < 4.78 is 13.6. The van der Waals surface area contributed by atoms with Crippen LogP contribution in [0.5, 0.6) is 0 Å². The number of hydrogen-bond acceptors (Lipinski definition) is 4. The minimum atomic E-state index is -0.455. The Balaban J connectivity index is 2.18. The van der Waals surface area contributed by atoms with E-state index in [1.165, 1.54) is 19.2 Å².